The Morgan fingerprint density at radius 1 is 1.10 bits per heavy atom. The summed E-state index contributed by atoms with van der Waals surface area (Å²) in [6.07, 6.45) is 1.70. The largest absolute Gasteiger partial charge is 0.489 e. The third-order valence-electron chi connectivity index (χ3n) is 4.30. The quantitative estimate of drug-likeness (QED) is 0.300. The first-order valence-corrected chi connectivity index (χ1v) is 10.8. The van der Waals surface area contributed by atoms with Crippen molar-refractivity contribution in [2.45, 2.75) is 13.8 Å². The molecule has 3 rings (SSSR count). The standard InChI is InChI=1S/C21H19Cl2NO3S2/c1-12-5-4-6-13(2)18(12)26-7-8-27-19-14(9-15(22)11-16(19)23)10-17-20(25)24(3)21(28)29-17/h4-6,9-11H,7-8H2,1-3H3. The molecule has 1 saturated heterocycles. The fourth-order valence-electron chi connectivity index (χ4n) is 2.84. The third-order valence-corrected chi connectivity index (χ3v) is 6.28. The number of ether oxygens (including phenoxy) is 2. The molecule has 0 aromatic heterocycles. The summed E-state index contributed by atoms with van der Waals surface area (Å²) in [6.45, 7) is 4.63. The summed E-state index contributed by atoms with van der Waals surface area (Å²) in [5, 5.41) is 0.815. The molecule has 1 aliphatic heterocycles. The number of halogens is 2. The number of aryl methyl sites for hydroxylation is 2. The number of amides is 1. The molecule has 8 heteroatoms. The van der Waals surface area contributed by atoms with Crippen LogP contribution in [0, 0.1) is 13.8 Å². The number of carbonyl (C=O) groups is 1. The Bertz CT molecular complexity index is 987. The van der Waals surface area contributed by atoms with Crippen LogP contribution in [0.5, 0.6) is 11.5 Å². The number of benzene rings is 2. The number of thioether (sulfide) groups is 1. The Labute approximate surface area is 189 Å². The van der Waals surface area contributed by atoms with Crippen molar-refractivity contribution in [2.75, 3.05) is 20.3 Å². The molecular formula is C21H19Cl2NO3S2. The van der Waals surface area contributed by atoms with Gasteiger partial charge in [0, 0.05) is 17.6 Å². The topological polar surface area (TPSA) is 38.8 Å². The first-order chi connectivity index (χ1) is 13.8. The molecule has 1 amide bonds. The second-order valence-corrected chi connectivity index (χ2v) is 8.98. The van der Waals surface area contributed by atoms with Crippen molar-refractivity contribution in [3.8, 4) is 11.5 Å². The van der Waals surface area contributed by atoms with Crippen molar-refractivity contribution in [1.82, 2.24) is 4.90 Å². The fourth-order valence-corrected chi connectivity index (χ4v) is 4.57. The summed E-state index contributed by atoms with van der Waals surface area (Å²) in [4.78, 5) is 14.2. The van der Waals surface area contributed by atoms with E-state index in [0.717, 1.165) is 16.9 Å². The van der Waals surface area contributed by atoms with E-state index >= 15 is 0 Å². The van der Waals surface area contributed by atoms with Gasteiger partial charge in [-0.05, 0) is 43.2 Å². The lowest BCUT2D eigenvalue weighted by Gasteiger charge is -2.15. The zero-order chi connectivity index (χ0) is 21.1. The van der Waals surface area contributed by atoms with Gasteiger partial charge < -0.3 is 9.47 Å². The highest BCUT2D eigenvalue weighted by Crippen LogP contribution is 2.37. The van der Waals surface area contributed by atoms with Crippen LogP contribution in [0.25, 0.3) is 6.08 Å². The van der Waals surface area contributed by atoms with Gasteiger partial charge in [-0.3, -0.25) is 9.69 Å². The van der Waals surface area contributed by atoms with E-state index in [9.17, 15) is 4.79 Å². The van der Waals surface area contributed by atoms with Gasteiger partial charge >= 0.3 is 0 Å². The van der Waals surface area contributed by atoms with Crippen molar-refractivity contribution in [1.29, 1.82) is 0 Å². The molecule has 2 aromatic carbocycles. The van der Waals surface area contributed by atoms with Crippen LogP contribution < -0.4 is 9.47 Å². The summed E-state index contributed by atoms with van der Waals surface area (Å²) in [5.74, 6) is 1.13. The maximum atomic E-state index is 12.3. The number of para-hydroxylation sites is 1. The number of hydrogen-bond acceptors (Lipinski definition) is 5. The van der Waals surface area contributed by atoms with Gasteiger partial charge in [0.25, 0.3) is 5.91 Å². The average Bonchev–Trinajstić information content (AvgIpc) is 2.89. The number of likely N-dealkylation sites (N-methyl/N-ethyl adjacent to an activating group) is 1. The third kappa shape index (κ3) is 5.07. The molecule has 0 radical (unpaired) electrons. The predicted molar refractivity (Wildman–Crippen MR) is 124 cm³/mol. The fraction of sp³-hybridized carbons (Fsp3) is 0.238. The molecule has 1 aliphatic rings. The number of thiocarbonyl (C=S) groups is 1. The number of nitrogens with zero attached hydrogens (tertiary/aromatic N) is 1. The lowest BCUT2D eigenvalue weighted by atomic mass is 10.1. The van der Waals surface area contributed by atoms with E-state index in [2.05, 4.69) is 0 Å². The number of carbonyl (C=O) groups excluding carboxylic acids is 1. The average molecular weight is 468 g/mol. The predicted octanol–water partition coefficient (Wildman–Crippen LogP) is 5.90. The SMILES string of the molecule is Cc1cccc(C)c1OCCOc1c(Cl)cc(Cl)cc1C=C1SC(=S)N(C)C1=O. The van der Waals surface area contributed by atoms with Gasteiger partial charge in [-0.15, -0.1) is 0 Å². The highest BCUT2D eigenvalue weighted by molar-refractivity contribution is 8.26. The first-order valence-electron chi connectivity index (χ1n) is 8.80. The molecule has 0 spiro atoms. The number of hydrogen-bond donors (Lipinski definition) is 0. The van der Waals surface area contributed by atoms with Gasteiger partial charge in [-0.25, -0.2) is 0 Å². The van der Waals surface area contributed by atoms with Crippen LogP contribution >= 0.6 is 47.2 Å². The normalized spacial score (nSPS) is 15.3. The molecular weight excluding hydrogens is 449 g/mol. The van der Waals surface area contributed by atoms with Crippen LogP contribution in [0.3, 0.4) is 0 Å². The summed E-state index contributed by atoms with van der Waals surface area (Å²) in [7, 11) is 1.64. The molecule has 0 saturated carbocycles. The lowest BCUT2D eigenvalue weighted by molar-refractivity contribution is -0.121. The maximum Gasteiger partial charge on any atom is 0.265 e. The van der Waals surface area contributed by atoms with E-state index in [0.29, 0.717) is 37.2 Å². The summed E-state index contributed by atoms with van der Waals surface area (Å²) in [5.41, 5.74) is 2.75. The highest BCUT2D eigenvalue weighted by atomic mass is 35.5. The van der Waals surface area contributed by atoms with Crippen molar-refractivity contribution in [2.24, 2.45) is 0 Å². The monoisotopic (exact) mass is 467 g/mol. The highest BCUT2D eigenvalue weighted by Gasteiger charge is 2.29. The zero-order valence-electron chi connectivity index (χ0n) is 16.1. The Hall–Kier alpha value is -1.73. The minimum atomic E-state index is -0.166. The van der Waals surface area contributed by atoms with E-state index in [1.54, 1.807) is 25.3 Å². The Morgan fingerprint density at radius 2 is 1.72 bits per heavy atom. The maximum absolute atomic E-state index is 12.3. The molecule has 0 bridgehead atoms. The molecule has 29 heavy (non-hydrogen) atoms. The Balaban J connectivity index is 1.76. The molecule has 2 aromatic rings. The van der Waals surface area contributed by atoms with Crippen molar-refractivity contribution in [3.05, 3.63) is 62.0 Å². The molecule has 152 valence electrons. The van der Waals surface area contributed by atoms with Gasteiger partial charge in [-0.2, -0.15) is 0 Å². The van der Waals surface area contributed by atoms with Crippen LogP contribution in [0.15, 0.2) is 35.2 Å². The molecule has 0 atom stereocenters. The van der Waals surface area contributed by atoms with Crippen LogP contribution in [-0.4, -0.2) is 35.4 Å². The first kappa shape index (κ1) is 22.0. The summed E-state index contributed by atoms with van der Waals surface area (Å²) in [6, 6.07) is 9.31. The van der Waals surface area contributed by atoms with Crippen LogP contribution in [-0.2, 0) is 4.79 Å². The molecule has 4 nitrogen and oxygen atoms in total. The minimum absolute atomic E-state index is 0.166. The smallest absolute Gasteiger partial charge is 0.265 e. The summed E-state index contributed by atoms with van der Waals surface area (Å²) < 4.78 is 12.3. The van der Waals surface area contributed by atoms with Crippen LogP contribution in [0.4, 0.5) is 0 Å². The molecule has 0 unspecified atom stereocenters. The van der Waals surface area contributed by atoms with Crippen molar-refractivity contribution >= 4 is 63.5 Å². The van der Waals surface area contributed by atoms with Gasteiger partial charge in [0.15, 0.2) is 0 Å². The number of rotatable bonds is 6. The second-order valence-electron chi connectivity index (χ2n) is 6.46. The minimum Gasteiger partial charge on any atom is -0.489 e. The van der Waals surface area contributed by atoms with Crippen molar-refractivity contribution in [3.63, 3.8) is 0 Å². The van der Waals surface area contributed by atoms with Gasteiger partial charge in [0.2, 0.25) is 0 Å². The lowest BCUT2D eigenvalue weighted by Crippen LogP contribution is -2.22. The Kier molecular flexibility index (Phi) is 7.11. The van der Waals surface area contributed by atoms with Crippen molar-refractivity contribution < 1.29 is 14.3 Å². The van der Waals surface area contributed by atoms with Crippen LogP contribution in [0.1, 0.15) is 16.7 Å². The van der Waals surface area contributed by atoms with Gasteiger partial charge in [-0.1, -0.05) is 65.4 Å². The summed E-state index contributed by atoms with van der Waals surface area (Å²) >= 11 is 18.9. The zero-order valence-corrected chi connectivity index (χ0v) is 19.3. The van der Waals surface area contributed by atoms with E-state index in [4.69, 9.17) is 44.9 Å². The Morgan fingerprint density at radius 3 is 2.31 bits per heavy atom. The van der Waals surface area contributed by atoms with Crippen LogP contribution in [0.2, 0.25) is 10.0 Å². The molecule has 1 heterocycles. The molecule has 0 aliphatic carbocycles. The molecule has 1 fully saturated rings. The van der Waals surface area contributed by atoms with E-state index in [1.807, 2.05) is 32.0 Å². The van der Waals surface area contributed by atoms with Gasteiger partial charge in [0.05, 0.1) is 9.93 Å². The second kappa shape index (κ2) is 9.39. The van der Waals surface area contributed by atoms with E-state index in [-0.39, 0.29) is 12.5 Å². The van der Waals surface area contributed by atoms with E-state index < -0.39 is 0 Å². The van der Waals surface area contributed by atoms with E-state index in [1.165, 1.54) is 16.7 Å². The molecule has 0 N–H and O–H groups in total. The van der Waals surface area contributed by atoms with Gasteiger partial charge in [0.1, 0.15) is 29.0 Å².